The van der Waals surface area contributed by atoms with E-state index in [4.69, 9.17) is 5.73 Å². The first-order valence-electron chi connectivity index (χ1n) is 5.80. The Kier molecular flexibility index (Phi) is 3.54. The molecule has 0 spiro atoms. The molecular formula is C13H17BrN2O. The Balaban J connectivity index is 2.23. The van der Waals surface area contributed by atoms with Crippen LogP contribution in [0.15, 0.2) is 22.7 Å². The molecule has 0 aliphatic carbocycles. The number of likely N-dealkylation sites (tertiary alicyclic amines) is 1. The number of nitrogens with two attached hydrogens (primary N) is 1. The molecule has 1 aromatic rings. The largest absolute Gasteiger partial charge is 0.337 e. The summed E-state index contributed by atoms with van der Waals surface area (Å²) in [5.74, 6) is 0.468. The highest BCUT2D eigenvalue weighted by Crippen LogP contribution is 2.21. The molecule has 0 aromatic heterocycles. The Morgan fingerprint density at radius 3 is 2.76 bits per heavy atom. The molecule has 2 unspecified atom stereocenters. The number of amides is 1. The van der Waals surface area contributed by atoms with Gasteiger partial charge in [0.2, 0.25) is 0 Å². The molecule has 4 heteroatoms. The number of carbonyl (C=O) groups is 1. The van der Waals surface area contributed by atoms with Gasteiger partial charge in [-0.2, -0.15) is 0 Å². The second-order valence-electron chi connectivity index (χ2n) is 4.81. The third-order valence-corrected chi connectivity index (χ3v) is 3.88. The van der Waals surface area contributed by atoms with Crippen LogP contribution in [0.4, 0.5) is 0 Å². The van der Waals surface area contributed by atoms with Crippen LogP contribution >= 0.6 is 15.9 Å². The number of nitrogens with zero attached hydrogens (tertiary/aromatic N) is 1. The van der Waals surface area contributed by atoms with E-state index in [1.807, 2.05) is 30.0 Å². The second-order valence-corrected chi connectivity index (χ2v) is 5.73. The maximum absolute atomic E-state index is 12.4. The maximum Gasteiger partial charge on any atom is 0.254 e. The van der Waals surface area contributed by atoms with Gasteiger partial charge in [0.15, 0.2) is 0 Å². The second kappa shape index (κ2) is 4.78. The lowest BCUT2D eigenvalue weighted by atomic mass is 10.1. The van der Waals surface area contributed by atoms with Crippen molar-refractivity contribution < 1.29 is 4.79 Å². The van der Waals surface area contributed by atoms with Crippen molar-refractivity contribution in [1.29, 1.82) is 0 Å². The molecule has 0 bridgehead atoms. The highest BCUT2D eigenvalue weighted by molar-refractivity contribution is 9.10. The zero-order chi connectivity index (χ0) is 12.6. The van der Waals surface area contributed by atoms with Crippen molar-refractivity contribution in [3.63, 3.8) is 0 Å². The lowest BCUT2D eigenvalue weighted by Crippen LogP contribution is -2.32. The minimum absolute atomic E-state index is 0.0867. The summed E-state index contributed by atoms with van der Waals surface area (Å²) in [4.78, 5) is 14.2. The van der Waals surface area contributed by atoms with Crippen LogP contribution in [-0.4, -0.2) is 29.9 Å². The number of hydrogen-bond acceptors (Lipinski definition) is 2. The molecule has 92 valence electrons. The third kappa shape index (κ3) is 2.53. The monoisotopic (exact) mass is 296 g/mol. The summed E-state index contributed by atoms with van der Waals surface area (Å²) in [5, 5.41) is 0. The highest BCUT2D eigenvalue weighted by atomic mass is 79.9. The number of halogens is 1. The van der Waals surface area contributed by atoms with E-state index in [0.717, 1.165) is 22.1 Å². The molecule has 1 aliphatic rings. The molecule has 3 nitrogen and oxygen atoms in total. The Hall–Kier alpha value is -0.870. The molecule has 2 N–H and O–H groups in total. The van der Waals surface area contributed by atoms with Crippen LogP contribution in [0.5, 0.6) is 0 Å². The molecule has 1 aliphatic heterocycles. The summed E-state index contributed by atoms with van der Waals surface area (Å²) in [5.41, 5.74) is 7.72. The van der Waals surface area contributed by atoms with Crippen LogP contribution in [0.2, 0.25) is 0 Å². The number of hydrogen-bond donors (Lipinski definition) is 1. The van der Waals surface area contributed by atoms with E-state index in [0.29, 0.717) is 12.5 Å². The van der Waals surface area contributed by atoms with Gasteiger partial charge in [0, 0.05) is 29.2 Å². The van der Waals surface area contributed by atoms with Crippen molar-refractivity contribution >= 4 is 21.8 Å². The van der Waals surface area contributed by atoms with E-state index in [-0.39, 0.29) is 11.9 Å². The summed E-state index contributed by atoms with van der Waals surface area (Å²) >= 11 is 3.40. The van der Waals surface area contributed by atoms with Gasteiger partial charge in [-0.1, -0.05) is 28.9 Å². The van der Waals surface area contributed by atoms with Crippen molar-refractivity contribution in [2.24, 2.45) is 11.7 Å². The number of aryl methyl sites for hydroxylation is 1. The predicted octanol–water partition coefficient (Wildman–Crippen LogP) is 2.18. The summed E-state index contributed by atoms with van der Waals surface area (Å²) in [6.45, 7) is 5.46. The molecule has 1 saturated heterocycles. The van der Waals surface area contributed by atoms with Gasteiger partial charge < -0.3 is 10.6 Å². The van der Waals surface area contributed by atoms with Gasteiger partial charge in [-0.15, -0.1) is 0 Å². The summed E-state index contributed by atoms with van der Waals surface area (Å²) in [6, 6.07) is 5.89. The Labute approximate surface area is 110 Å². The molecule has 1 fully saturated rings. The lowest BCUT2D eigenvalue weighted by molar-refractivity contribution is 0.0786. The van der Waals surface area contributed by atoms with Crippen LogP contribution < -0.4 is 5.73 Å². The van der Waals surface area contributed by atoms with Crippen molar-refractivity contribution in [1.82, 2.24) is 4.90 Å². The molecule has 1 heterocycles. The minimum Gasteiger partial charge on any atom is -0.337 e. The SMILES string of the molecule is Cc1ccc(Br)cc1C(=O)N1CC(C)C(N)C1. The van der Waals surface area contributed by atoms with Crippen LogP contribution in [-0.2, 0) is 0 Å². The molecule has 2 rings (SSSR count). The summed E-state index contributed by atoms with van der Waals surface area (Å²) in [7, 11) is 0. The highest BCUT2D eigenvalue weighted by Gasteiger charge is 2.30. The first-order valence-corrected chi connectivity index (χ1v) is 6.59. The molecule has 1 aromatic carbocycles. The van der Waals surface area contributed by atoms with Gasteiger partial charge >= 0.3 is 0 Å². The number of benzene rings is 1. The minimum atomic E-state index is 0.0867. The normalized spacial score (nSPS) is 24.1. The fourth-order valence-corrected chi connectivity index (χ4v) is 2.51. The fraction of sp³-hybridized carbons (Fsp3) is 0.462. The van der Waals surface area contributed by atoms with Crippen LogP contribution in [0, 0.1) is 12.8 Å². The molecule has 1 amide bonds. The maximum atomic E-state index is 12.4. The number of rotatable bonds is 1. The van der Waals surface area contributed by atoms with Crippen LogP contribution in [0.25, 0.3) is 0 Å². The Bertz CT molecular complexity index is 437. The van der Waals surface area contributed by atoms with Gasteiger partial charge in [-0.05, 0) is 30.5 Å². The molecule has 17 heavy (non-hydrogen) atoms. The van der Waals surface area contributed by atoms with E-state index in [9.17, 15) is 4.79 Å². The Morgan fingerprint density at radius 2 is 2.18 bits per heavy atom. The topological polar surface area (TPSA) is 46.3 Å². The summed E-state index contributed by atoms with van der Waals surface area (Å²) in [6.07, 6.45) is 0. The summed E-state index contributed by atoms with van der Waals surface area (Å²) < 4.78 is 0.933. The van der Waals surface area contributed by atoms with Gasteiger partial charge in [0.1, 0.15) is 0 Å². The molecule has 0 saturated carbocycles. The zero-order valence-corrected chi connectivity index (χ0v) is 11.7. The molecule has 0 radical (unpaired) electrons. The third-order valence-electron chi connectivity index (χ3n) is 3.39. The zero-order valence-electron chi connectivity index (χ0n) is 10.1. The standard InChI is InChI=1S/C13H17BrN2O/c1-8-3-4-10(14)5-11(8)13(17)16-6-9(2)12(15)7-16/h3-5,9,12H,6-7,15H2,1-2H3. The first kappa shape index (κ1) is 12.6. The van der Waals surface area contributed by atoms with E-state index in [1.54, 1.807) is 0 Å². The van der Waals surface area contributed by atoms with Gasteiger partial charge in [-0.3, -0.25) is 4.79 Å². The van der Waals surface area contributed by atoms with Gasteiger partial charge in [0.05, 0.1) is 0 Å². The van der Waals surface area contributed by atoms with E-state index in [2.05, 4.69) is 22.9 Å². The smallest absolute Gasteiger partial charge is 0.254 e. The van der Waals surface area contributed by atoms with E-state index >= 15 is 0 Å². The van der Waals surface area contributed by atoms with Crippen molar-refractivity contribution in [2.45, 2.75) is 19.9 Å². The van der Waals surface area contributed by atoms with Gasteiger partial charge in [0.25, 0.3) is 5.91 Å². The number of carbonyl (C=O) groups excluding carboxylic acids is 1. The van der Waals surface area contributed by atoms with Crippen LogP contribution in [0.1, 0.15) is 22.8 Å². The van der Waals surface area contributed by atoms with E-state index in [1.165, 1.54) is 0 Å². The van der Waals surface area contributed by atoms with Crippen LogP contribution in [0.3, 0.4) is 0 Å². The van der Waals surface area contributed by atoms with E-state index < -0.39 is 0 Å². The Morgan fingerprint density at radius 1 is 1.47 bits per heavy atom. The lowest BCUT2D eigenvalue weighted by Gasteiger charge is -2.17. The molecule has 2 atom stereocenters. The quantitative estimate of drug-likeness (QED) is 0.863. The first-order chi connectivity index (χ1) is 7.99. The van der Waals surface area contributed by atoms with Crippen molar-refractivity contribution in [3.05, 3.63) is 33.8 Å². The predicted molar refractivity (Wildman–Crippen MR) is 71.9 cm³/mol. The van der Waals surface area contributed by atoms with Crippen molar-refractivity contribution in [3.8, 4) is 0 Å². The van der Waals surface area contributed by atoms with Crippen molar-refractivity contribution in [2.75, 3.05) is 13.1 Å². The average Bonchev–Trinajstić information content (AvgIpc) is 2.62. The van der Waals surface area contributed by atoms with Gasteiger partial charge in [-0.25, -0.2) is 0 Å². The molecular weight excluding hydrogens is 280 g/mol. The fourth-order valence-electron chi connectivity index (χ4n) is 2.15. The average molecular weight is 297 g/mol.